The number of carbonyl (C=O) groups is 3. The first kappa shape index (κ1) is 22.4. The number of hydrogen-bond donors (Lipinski definition) is 2. The Morgan fingerprint density at radius 3 is 2.38 bits per heavy atom. The van der Waals surface area contributed by atoms with E-state index in [2.05, 4.69) is 0 Å². The molecular weight excluding hydrogens is 414 g/mol. The van der Waals surface area contributed by atoms with Gasteiger partial charge in [0.15, 0.2) is 0 Å². The molecule has 2 heterocycles. The third kappa shape index (κ3) is 4.39. The standard InChI is InChI=1S/C23H31N3O6/c27-19-14-24(21(30)32-15-18-6-2-1-3-7-18)12-13-25(19)17-23(31)10-11-26(20(28)29)16-22(23)8-4-5-9-22/h1-3,6-7,31H,4-5,8-17H2,(H,28,29). The summed E-state index contributed by atoms with van der Waals surface area (Å²) in [6.07, 6.45) is 2.24. The lowest BCUT2D eigenvalue weighted by Crippen LogP contribution is -2.65. The number of hydrogen-bond acceptors (Lipinski definition) is 5. The van der Waals surface area contributed by atoms with Crippen LogP contribution in [0.4, 0.5) is 9.59 Å². The van der Waals surface area contributed by atoms with Gasteiger partial charge in [-0.15, -0.1) is 0 Å². The van der Waals surface area contributed by atoms with E-state index < -0.39 is 23.2 Å². The molecule has 2 N–H and O–H groups in total. The van der Waals surface area contributed by atoms with E-state index in [4.69, 9.17) is 4.74 Å². The number of rotatable bonds is 4. The number of carbonyl (C=O) groups excluding carboxylic acids is 2. The number of ether oxygens (including phenoxy) is 1. The summed E-state index contributed by atoms with van der Waals surface area (Å²) < 4.78 is 5.34. The molecular formula is C23H31N3O6. The molecule has 9 nitrogen and oxygen atoms in total. The first-order valence-corrected chi connectivity index (χ1v) is 11.3. The number of nitrogens with zero attached hydrogens (tertiary/aromatic N) is 3. The van der Waals surface area contributed by atoms with Gasteiger partial charge in [0.05, 0.1) is 12.1 Å². The van der Waals surface area contributed by atoms with E-state index in [1.54, 1.807) is 4.90 Å². The zero-order valence-corrected chi connectivity index (χ0v) is 18.2. The van der Waals surface area contributed by atoms with Crippen LogP contribution in [0, 0.1) is 5.41 Å². The Balaban J connectivity index is 1.36. The van der Waals surface area contributed by atoms with Gasteiger partial charge in [0.1, 0.15) is 13.2 Å². The van der Waals surface area contributed by atoms with Crippen molar-refractivity contribution in [2.75, 3.05) is 39.3 Å². The van der Waals surface area contributed by atoms with Crippen molar-refractivity contribution in [1.29, 1.82) is 0 Å². The quantitative estimate of drug-likeness (QED) is 0.735. The lowest BCUT2D eigenvalue weighted by atomic mass is 9.65. The molecule has 3 fully saturated rings. The van der Waals surface area contributed by atoms with Crippen molar-refractivity contribution in [3.63, 3.8) is 0 Å². The zero-order valence-electron chi connectivity index (χ0n) is 18.2. The lowest BCUT2D eigenvalue weighted by molar-refractivity contribution is -0.159. The van der Waals surface area contributed by atoms with Crippen LogP contribution in [0.3, 0.4) is 0 Å². The summed E-state index contributed by atoms with van der Waals surface area (Å²) >= 11 is 0. The van der Waals surface area contributed by atoms with Crippen molar-refractivity contribution in [3.8, 4) is 0 Å². The Bertz CT molecular complexity index is 857. The second-order valence-corrected chi connectivity index (χ2v) is 9.25. The summed E-state index contributed by atoms with van der Waals surface area (Å²) in [7, 11) is 0. The van der Waals surface area contributed by atoms with Gasteiger partial charge in [0.2, 0.25) is 5.91 Å². The van der Waals surface area contributed by atoms with Crippen LogP contribution in [-0.2, 0) is 16.1 Å². The van der Waals surface area contributed by atoms with Gasteiger partial charge in [-0.2, -0.15) is 0 Å². The monoisotopic (exact) mass is 445 g/mol. The summed E-state index contributed by atoms with van der Waals surface area (Å²) in [6, 6.07) is 9.36. The maximum Gasteiger partial charge on any atom is 0.410 e. The van der Waals surface area contributed by atoms with Gasteiger partial charge in [-0.25, -0.2) is 9.59 Å². The average Bonchev–Trinajstić information content (AvgIpc) is 3.26. The Hall–Kier alpha value is -2.81. The van der Waals surface area contributed by atoms with Crippen LogP contribution < -0.4 is 0 Å². The molecule has 0 radical (unpaired) electrons. The highest BCUT2D eigenvalue weighted by molar-refractivity contribution is 5.83. The molecule has 32 heavy (non-hydrogen) atoms. The van der Waals surface area contributed by atoms with E-state index in [9.17, 15) is 24.6 Å². The van der Waals surface area contributed by atoms with Crippen LogP contribution in [0.5, 0.6) is 0 Å². The summed E-state index contributed by atoms with van der Waals surface area (Å²) in [6.45, 7) is 1.46. The normalized spacial score (nSPS) is 25.3. The molecule has 174 valence electrons. The first-order valence-electron chi connectivity index (χ1n) is 11.3. The fourth-order valence-electron chi connectivity index (χ4n) is 5.42. The SMILES string of the molecule is O=C(O)N1CCC(O)(CN2CCN(C(=O)OCc3ccccc3)CC2=O)C2(CCCC2)C1. The average molecular weight is 446 g/mol. The molecule has 9 heteroatoms. The molecule has 2 aliphatic heterocycles. The molecule has 1 saturated carbocycles. The van der Waals surface area contributed by atoms with Crippen molar-refractivity contribution in [1.82, 2.24) is 14.7 Å². The molecule has 1 atom stereocenters. The van der Waals surface area contributed by atoms with Crippen molar-refractivity contribution in [3.05, 3.63) is 35.9 Å². The molecule has 3 amide bonds. The highest BCUT2D eigenvalue weighted by Crippen LogP contribution is 2.51. The number of carboxylic acid groups (broad SMARTS) is 1. The summed E-state index contributed by atoms with van der Waals surface area (Å²) in [5.74, 6) is -0.227. The summed E-state index contributed by atoms with van der Waals surface area (Å²) in [4.78, 5) is 41.2. The Labute approximate surface area is 187 Å². The van der Waals surface area contributed by atoms with Gasteiger partial charge in [-0.05, 0) is 24.8 Å². The molecule has 0 bridgehead atoms. The molecule has 1 spiro atoms. The van der Waals surface area contributed by atoms with E-state index in [-0.39, 0.29) is 32.1 Å². The van der Waals surface area contributed by atoms with Crippen molar-refractivity contribution in [2.24, 2.45) is 5.41 Å². The minimum Gasteiger partial charge on any atom is -0.465 e. The fourth-order valence-corrected chi connectivity index (χ4v) is 5.42. The van der Waals surface area contributed by atoms with Gasteiger partial charge >= 0.3 is 12.2 Å². The van der Waals surface area contributed by atoms with Gasteiger partial charge in [0.25, 0.3) is 0 Å². The van der Waals surface area contributed by atoms with Crippen LogP contribution >= 0.6 is 0 Å². The third-order valence-corrected chi connectivity index (χ3v) is 7.34. The second kappa shape index (κ2) is 8.97. The predicted molar refractivity (Wildman–Crippen MR) is 115 cm³/mol. The smallest absolute Gasteiger partial charge is 0.410 e. The topological polar surface area (TPSA) is 111 Å². The van der Waals surface area contributed by atoms with Crippen LogP contribution in [0.1, 0.15) is 37.7 Å². The fraction of sp³-hybridized carbons (Fsp3) is 0.609. The minimum absolute atomic E-state index is 0.0854. The molecule has 3 aliphatic rings. The number of piperidine rings is 1. The molecule has 1 unspecified atom stereocenters. The van der Waals surface area contributed by atoms with Crippen molar-refractivity contribution >= 4 is 18.1 Å². The predicted octanol–water partition coefficient (Wildman–Crippen LogP) is 2.14. The molecule has 2 saturated heterocycles. The second-order valence-electron chi connectivity index (χ2n) is 9.25. The highest BCUT2D eigenvalue weighted by atomic mass is 16.6. The molecule has 1 aromatic rings. The van der Waals surface area contributed by atoms with Crippen LogP contribution in [-0.4, -0.2) is 87.9 Å². The van der Waals surface area contributed by atoms with E-state index in [1.807, 2.05) is 30.3 Å². The van der Waals surface area contributed by atoms with E-state index in [1.165, 1.54) is 9.80 Å². The minimum atomic E-state index is -1.12. The van der Waals surface area contributed by atoms with E-state index >= 15 is 0 Å². The Morgan fingerprint density at radius 1 is 1.00 bits per heavy atom. The highest BCUT2D eigenvalue weighted by Gasteiger charge is 2.56. The number of amides is 3. The Morgan fingerprint density at radius 2 is 1.72 bits per heavy atom. The van der Waals surface area contributed by atoms with Gasteiger partial charge < -0.3 is 24.7 Å². The van der Waals surface area contributed by atoms with Crippen LogP contribution in [0.2, 0.25) is 0 Å². The first-order chi connectivity index (χ1) is 15.3. The number of piperazine rings is 1. The van der Waals surface area contributed by atoms with Gasteiger partial charge in [0, 0.05) is 31.6 Å². The largest absolute Gasteiger partial charge is 0.465 e. The molecule has 0 aromatic heterocycles. The van der Waals surface area contributed by atoms with Gasteiger partial charge in [-0.3, -0.25) is 9.69 Å². The number of aliphatic hydroxyl groups is 1. The maximum atomic E-state index is 12.8. The molecule has 1 aliphatic carbocycles. The van der Waals surface area contributed by atoms with Crippen LogP contribution in [0.25, 0.3) is 0 Å². The van der Waals surface area contributed by atoms with Gasteiger partial charge in [-0.1, -0.05) is 43.2 Å². The van der Waals surface area contributed by atoms with Crippen molar-refractivity contribution < 1.29 is 29.3 Å². The van der Waals surface area contributed by atoms with Crippen LogP contribution in [0.15, 0.2) is 30.3 Å². The lowest BCUT2D eigenvalue weighted by Gasteiger charge is -2.53. The van der Waals surface area contributed by atoms with E-state index in [0.29, 0.717) is 26.1 Å². The zero-order chi connectivity index (χ0) is 22.8. The third-order valence-electron chi connectivity index (χ3n) is 7.34. The summed E-state index contributed by atoms with van der Waals surface area (Å²) in [5.41, 5.74) is -0.765. The molecule has 4 rings (SSSR count). The number of benzene rings is 1. The maximum absolute atomic E-state index is 12.8. The molecule has 1 aromatic carbocycles. The Kier molecular flexibility index (Phi) is 6.28. The van der Waals surface area contributed by atoms with E-state index in [0.717, 1.165) is 31.2 Å². The number of likely N-dealkylation sites (tertiary alicyclic amines) is 1. The van der Waals surface area contributed by atoms with Crippen molar-refractivity contribution in [2.45, 2.75) is 44.3 Å². The summed E-state index contributed by atoms with van der Waals surface area (Å²) in [5, 5.41) is 21.1. The number of β-amino-alcohol motifs (C(OH)–C–C–N with tert-alkyl or cyclic N) is 1.